The van der Waals surface area contributed by atoms with Crippen LogP contribution < -0.4 is 0 Å². The Bertz CT molecular complexity index is 218. The van der Waals surface area contributed by atoms with Crippen molar-refractivity contribution in [1.29, 1.82) is 0 Å². The second-order valence-corrected chi connectivity index (χ2v) is 7.28. The van der Waals surface area contributed by atoms with Gasteiger partial charge in [-0.05, 0) is 18.8 Å². The van der Waals surface area contributed by atoms with Gasteiger partial charge in [0.25, 0.3) is 0 Å². The maximum Gasteiger partial charge on any atom is 0.0590 e. The van der Waals surface area contributed by atoms with Crippen LogP contribution >= 0.6 is 0 Å². The summed E-state index contributed by atoms with van der Waals surface area (Å²) in [5, 5.41) is 18.8. The summed E-state index contributed by atoms with van der Waals surface area (Å²) in [6, 6.07) is 0. The first-order valence-corrected chi connectivity index (χ1v) is 10.5. The van der Waals surface area contributed by atoms with Gasteiger partial charge in [0.05, 0.1) is 6.10 Å². The molecule has 0 saturated carbocycles. The first-order chi connectivity index (χ1) is 11.3. The Hall–Kier alpha value is -0.0800. The molecule has 0 radical (unpaired) electrons. The minimum absolute atomic E-state index is 0.107. The molecule has 2 nitrogen and oxygen atoms in total. The van der Waals surface area contributed by atoms with Crippen molar-refractivity contribution in [2.24, 2.45) is 5.92 Å². The summed E-state index contributed by atoms with van der Waals surface area (Å²) < 4.78 is 0. The zero-order chi connectivity index (χ0) is 17.2. The summed E-state index contributed by atoms with van der Waals surface area (Å²) in [7, 11) is 0. The third-order valence-corrected chi connectivity index (χ3v) is 5.17. The van der Waals surface area contributed by atoms with E-state index in [2.05, 4.69) is 13.8 Å². The molecule has 2 N–H and O–H groups in total. The molecule has 0 bridgehead atoms. The van der Waals surface area contributed by atoms with Crippen molar-refractivity contribution in [2.75, 3.05) is 6.61 Å². The number of hydrogen-bond acceptors (Lipinski definition) is 2. The van der Waals surface area contributed by atoms with Gasteiger partial charge in [-0.3, -0.25) is 0 Å². The van der Waals surface area contributed by atoms with Crippen LogP contribution in [0.4, 0.5) is 0 Å². The zero-order valence-electron chi connectivity index (χ0n) is 16.1. The average molecular weight is 329 g/mol. The number of unbranched alkanes of at least 4 members (excludes halogenated alkanes) is 12. The summed E-state index contributed by atoms with van der Waals surface area (Å²) in [4.78, 5) is 0. The quantitative estimate of drug-likeness (QED) is 0.292. The van der Waals surface area contributed by atoms with Gasteiger partial charge in [-0.2, -0.15) is 0 Å². The van der Waals surface area contributed by atoms with Crippen molar-refractivity contribution < 1.29 is 10.2 Å². The van der Waals surface area contributed by atoms with E-state index in [-0.39, 0.29) is 12.7 Å². The summed E-state index contributed by atoms with van der Waals surface area (Å²) in [5.41, 5.74) is 0. The Kier molecular flexibility index (Phi) is 18.2. The molecule has 0 aliphatic heterocycles. The van der Waals surface area contributed by atoms with E-state index in [1.165, 1.54) is 83.5 Å². The molecule has 0 amide bonds. The smallest absolute Gasteiger partial charge is 0.0590 e. The second kappa shape index (κ2) is 18.3. The zero-order valence-corrected chi connectivity index (χ0v) is 16.1. The SMILES string of the molecule is CCCCCCCCCCCCCCCC(CC)C(O)CCO. The minimum atomic E-state index is -0.303. The summed E-state index contributed by atoms with van der Waals surface area (Å²) in [5.74, 6) is 0.384. The van der Waals surface area contributed by atoms with E-state index in [0.717, 1.165) is 12.8 Å². The summed E-state index contributed by atoms with van der Waals surface area (Å²) in [6.07, 6.45) is 20.4. The molecule has 0 aliphatic carbocycles. The first kappa shape index (κ1) is 22.9. The number of aliphatic hydroxyl groups is 2. The number of hydrogen-bond donors (Lipinski definition) is 2. The third-order valence-electron chi connectivity index (χ3n) is 5.17. The number of rotatable bonds is 18. The predicted octanol–water partition coefficient (Wildman–Crippen LogP) is 6.24. The molecule has 0 aromatic rings. The van der Waals surface area contributed by atoms with Gasteiger partial charge in [-0.15, -0.1) is 0 Å². The van der Waals surface area contributed by atoms with Crippen LogP contribution in [0.5, 0.6) is 0 Å². The van der Waals surface area contributed by atoms with Crippen LogP contribution in [0.2, 0.25) is 0 Å². The van der Waals surface area contributed by atoms with E-state index in [9.17, 15) is 5.11 Å². The topological polar surface area (TPSA) is 40.5 Å². The van der Waals surface area contributed by atoms with Crippen LogP contribution in [-0.4, -0.2) is 22.9 Å². The average Bonchev–Trinajstić information content (AvgIpc) is 2.55. The van der Waals surface area contributed by atoms with E-state index in [1.54, 1.807) is 0 Å². The molecule has 140 valence electrons. The highest BCUT2D eigenvalue weighted by Crippen LogP contribution is 2.20. The third kappa shape index (κ3) is 15.2. The monoisotopic (exact) mass is 328 g/mol. The van der Waals surface area contributed by atoms with Crippen LogP contribution in [0, 0.1) is 5.92 Å². The molecule has 0 spiro atoms. The van der Waals surface area contributed by atoms with Crippen LogP contribution in [0.15, 0.2) is 0 Å². The maximum atomic E-state index is 9.94. The van der Waals surface area contributed by atoms with Crippen molar-refractivity contribution in [2.45, 2.75) is 123 Å². The van der Waals surface area contributed by atoms with Gasteiger partial charge in [0, 0.05) is 6.61 Å². The Morgan fingerprint density at radius 1 is 0.609 bits per heavy atom. The van der Waals surface area contributed by atoms with Gasteiger partial charge in [0.15, 0.2) is 0 Å². The van der Waals surface area contributed by atoms with Gasteiger partial charge in [-0.25, -0.2) is 0 Å². The maximum absolute atomic E-state index is 9.94. The minimum Gasteiger partial charge on any atom is -0.396 e. The lowest BCUT2D eigenvalue weighted by molar-refractivity contribution is 0.0713. The predicted molar refractivity (Wildman–Crippen MR) is 102 cm³/mol. The van der Waals surface area contributed by atoms with Gasteiger partial charge in [-0.1, -0.05) is 104 Å². The van der Waals surface area contributed by atoms with Crippen molar-refractivity contribution in [3.8, 4) is 0 Å². The molecule has 0 heterocycles. The normalized spacial score (nSPS) is 14.1. The highest BCUT2D eigenvalue weighted by molar-refractivity contribution is 4.67. The Labute approximate surface area is 146 Å². The highest BCUT2D eigenvalue weighted by Gasteiger charge is 2.15. The van der Waals surface area contributed by atoms with E-state index in [4.69, 9.17) is 5.11 Å². The molecule has 0 aromatic heterocycles. The van der Waals surface area contributed by atoms with Gasteiger partial charge < -0.3 is 10.2 Å². The van der Waals surface area contributed by atoms with Gasteiger partial charge >= 0.3 is 0 Å². The fraction of sp³-hybridized carbons (Fsp3) is 1.00. The Morgan fingerprint density at radius 3 is 1.43 bits per heavy atom. The molecule has 23 heavy (non-hydrogen) atoms. The van der Waals surface area contributed by atoms with Crippen LogP contribution in [0.3, 0.4) is 0 Å². The largest absolute Gasteiger partial charge is 0.396 e. The van der Waals surface area contributed by atoms with Crippen LogP contribution in [0.1, 0.15) is 117 Å². The van der Waals surface area contributed by atoms with E-state index >= 15 is 0 Å². The van der Waals surface area contributed by atoms with Crippen LogP contribution in [0.25, 0.3) is 0 Å². The molecule has 0 rings (SSSR count). The molecule has 0 fully saturated rings. The van der Waals surface area contributed by atoms with Gasteiger partial charge in [0.1, 0.15) is 0 Å². The number of aliphatic hydroxyl groups excluding tert-OH is 2. The van der Waals surface area contributed by atoms with E-state index in [1.807, 2.05) is 0 Å². The van der Waals surface area contributed by atoms with E-state index < -0.39 is 0 Å². The molecule has 2 atom stereocenters. The molecular weight excluding hydrogens is 284 g/mol. The first-order valence-electron chi connectivity index (χ1n) is 10.5. The molecular formula is C21H44O2. The fourth-order valence-corrected chi connectivity index (χ4v) is 3.46. The van der Waals surface area contributed by atoms with Gasteiger partial charge in [0.2, 0.25) is 0 Å². The lowest BCUT2D eigenvalue weighted by Crippen LogP contribution is -2.21. The molecule has 2 heteroatoms. The van der Waals surface area contributed by atoms with Crippen molar-refractivity contribution in [3.63, 3.8) is 0 Å². The summed E-state index contributed by atoms with van der Waals surface area (Å²) in [6.45, 7) is 4.53. The van der Waals surface area contributed by atoms with Crippen molar-refractivity contribution in [1.82, 2.24) is 0 Å². The van der Waals surface area contributed by atoms with Crippen LogP contribution in [-0.2, 0) is 0 Å². The lowest BCUT2D eigenvalue weighted by Gasteiger charge is -2.20. The van der Waals surface area contributed by atoms with Crippen molar-refractivity contribution >= 4 is 0 Å². The molecule has 2 unspecified atom stereocenters. The fourth-order valence-electron chi connectivity index (χ4n) is 3.46. The van der Waals surface area contributed by atoms with Crippen molar-refractivity contribution in [3.05, 3.63) is 0 Å². The molecule has 0 aliphatic rings. The lowest BCUT2D eigenvalue weighted by atomic mass is 9.91. The standard InChI is InChI=1S/C21H44O2/c1-3-5-6-7-8-9-10-11-12-13-14-15-16-17-20(4-2)21(23)18-19-22/h20-23H,3-19H2,1-2H3. The highest BCUT2D eigenvalue weighted by atomic mass is 16.3. The summed E-state index contributed by atoms with van der Waals surface area (Å²) >= 11 is 0. The van der Waals surface area contributed by atoms with E-state index in [0.29, 0.717) is 12.3 Å². The Morgan fingerprint density at radius 2 is 1.04 bits per heavy atom. The Balaban J connectivity index is 3.26. The second-order valence-electron chi connectivity index (χ2n) is 7.28. The molecule has 0 saturated heterocycles. The molecule has 0 aromatic carbocycles.